The van der Waals surface area contributed by atoms with Gasteiger partial charge in [0.2, 0.25) is 5.82 Å². The van der Waals surface area contributed by atoms with E-state index in [9.17, 15) is 10.1 Å². The third-order valence-corrected chi connectivity index (χ3v) is 2.89. The van der Waals surface area contributed by atoms with E-state index in [-0.39, 0.29) is 16.7 Å². The molecule has 21 heavy (non-hydrogen) atoms. The number of nitrogens with zero attached hydrogens (tertiary/aromatic N) is 2. The van der Waals surface area contributed by atoms with E-state index in [2.05, 4.69) is 10.3 Å². The molecule has 1 N–H and O–H groups in total. The molecule has 0 saturated heterocycles. The lowest BCUT2D eigenvalue weighted by atomic mass is 10.2. The van der Waals surface area contributed by atoms with Crippen molar-refractivity contribution >= 4 is 28.8 Å². The second kappa shape index (κ2) is 6.27. The molecule has 0 aliphatic rings. The summed E-state index contributed by atoms with van der Waals surface area (Å²) in [5.41, 5.74) is 0.389. The molecule has 110 valence electrons. The summed E-state index contributed by atoms with van der Waals surface area (Å²) in [6, 6.07) is 7.66. The van der Waals surface area contributed by atoms with E-state index in [0.717, 1.165) is 0 Å². The number of pyridine rings is 1. The van der Waals surface area contributed by atoms with Crippen molar-refractivity contribution in [3.8, 4) is 11.5 Å². The van der Waals surface area contributed by atoms with Crippen molar-refractivity contribution in [3.63, 3.8) is 0 Å². The van der Waals surface area contributed by atoms with Gasteiger partial charge in [0.25, 0.3) is 0 Å². The van der Waals surface area contributed by atoms with E-state index in [0.29, 0.717) is 17.2 Å². The first kappa shape index (κ1) is 14.9. The Bertz CT molecular complexity index is 678. The quantitative estimate of drug-likeness (QED) is 0.517. The maximum Gasteiger partial charge on any atom is 0.311 e. The van der Waals surface area contributed by atoms with Gasteiger partial charge in [-0.25, -0.2) is 4.98 Å². The van der Waals surface area contributed by atoms with Crippen LogP contribution in [0.25, 0.3) is 0 Å². The molecule has 0 aliphatic carbocycles. The molecule has 0 saturated carbocycles. The summed E-state index contributed by atoms with van der Waals surface area (Å²) in [5, 5.41) is 14.0. The van der Waals surface area contributed by atoms with Gasteiger partial charge in [-0.1, -0.05) is 11.6 Å². The Morgan fingerprint density at radius 3 is 2.52 bits per heavy atom. The van der Waals surface area contributed by atoms with Gasteiger partial charge in [-0.2, -0.15) is 0 Å². The van der Waals surface area contributed by atoms with Crippen molar-refractivity contribution in [2.45, 2.75) is 0 Å². The molecule has 2 aromatic rings. The van der Waals surface area contributed by atoms with Crippen molar-refractivity contribution < 1.29 is 14.4 Å². The van der Waals surface area contributed by atoms with E-state index >= 15 is 0 Å². The van der Waals surface area contributed by atoms with Crippen molar-refractivity contribution in [3.05, 3.63) is 45.6 Å². The normalized spacial score (nSPS) is 10.0. The highest BCUT2D eigenvalue weighted by molar-refractivity contribution is 6.29. The maximum absolute atomic E-state index is 11.0. The van der Waals surface area contributed by atoms with Crippen molar-refractivity contribution in [2.75, 3.05) is 19.5 Å². The van der Waals surface area contributed by atoms with Crippen LogP contribution >= 0.6 is 11.6 Å². The number of methoxy groups -OCH3 is 2. The summed E-state index contributed by atoms with van der Waals surface area (Å²) < 4.78 is 10.3. The summed E-state index contributed by atoms with van der Waals surface area (Å²) in [6.45, 7) is 0. The van der Waals surface area contributed by atoms with Gasteiger partial charge in [0.05, 0.1) is 19.1 Å². The third kappa shape index (κ3) is 3.32. The highest BCUT2D eigenvalue weighted by Gasteiger charge is 2.16. The minimum absolute atomic E-state index is 0.0553. The molecule has 0 spiro atoms. The molecule has 2 rings (SSSR count). The van der Waals surface area contributed by atoms with Crippen LogP contribution in [0.4, 0.5) is 17.2 Å². The molecular weight excluding hydrogens is 298 g/mol. The van der Waals surface area contributed by atoms with Crippen LogP contribution in [0.1, 0.15) is 0 Å². The number of halogens is 1. The topological polar surface area (TPSA) is 86.5 Å². The van der Waals surface area contributed by atoms with Gasteiger partial charge < -0.3 is 14.8 Å². The first-order valence-corrected chi connectivity index (χ1v) is 6.23. The standard InChI is InChI=1S/C13H12ClN3O4/c1-20-10-5-3-8(7-11(10)21-2)15-13-9(17(18)19)4-6-12(14)16-13/h3-7H,1-2H3,(H,15,16). The number of hydrogen-bond acceptors (Lipinski definition) is 6. The summed E-state index contributed by atoms with van der Waals surface area (Å²) in [5.74, 6) is 1.10. The van der Waals surface area contributed by atoms with Crippen molar-refractivity contribution in [1.29, 1.82) is 0 Å². The molecule has 0 amide bonds. The van der Waals surface area contributed by atoms with Gasteiger partial charge in [-0.3, -0.25) is 10.1 Å². The first-order valence-electron chi connectivity index (χ1n) is 5.85. The average Bonchev–Trinajstić information content (AvgIpc) is 2.46. The smallest absolute Gasteiger partial charge is 0.311 e. The molecule has 0 atom stereocenters. The van der Waals surface area contributed by atoms with E-state index in [1.54, 1.807) is 18.2 Å². The van der Waals surface area contributed by atoms with Crippen LogP contribution in [0.5, 0.6) is 11.5 Å². The maximum atomic E-state index is 11.0. The third-order valence-electron chi connectivity index (χ3n) is 2.68. The Hall–Kier alpha value is -2.54. The molecule has 0 aliphatic heterocycles. The highest BCUT2D eigenvalue weighted by atomic mass is 35.5. The summed E-state index contributed by atoms with van der Waals surface area (Å²) in [7, 11) is 3.02. The number of hydrogen-bond donors (Lipinski definition) is 1. The highest BCUT2D eigenvalue weighted by Crippen LogP contribution is 2.33. The lowest BCUT2D eigenvalue weighted by molar-refractivity contribution is -0.384. The fraction of sp³-hybridized carbons (Fsp3) is 0.154. The van der Waals surface area contributed by atoms with Crippen LogP contribution in [0.15, 0.2) is 30.3 Å². The van der Waals surface area contributed by atoms with Gasteiger partial charge >= 0.3 is 5.69 Å². The summed E-state index contributed by atoms with van der Waals surface area (Å²) in [6.07, 6.45) is 0. The van der Waals surface area contributed by atoms with Crippen LogP contribution in [-0.4, -0.2) is 24.1 Å². The summed E-state index contributed by atoms with van der Waals surface area (Å²) >= 11 is 5.78. The number of benzene rings is 1. The van der Waals surface area contributed by atoms with Crippen molar-refractivity contribution in [1.82, 2.24) is 4.98 Å². The molecule has 1 aromatic heterocycles. The molecule has 0 bridgehead atoms. The molecule has 0 unspecified atom stereocenters. The fourth-order valence-corrected chi connectivity index (χ4v) is 1.87. The predicted octanol–water partition coefficient (Wildman–Crippen LogP) is 3.40. The van der Waals surface area contributed by atoms with E-state index in [4.69, 9.17) is 21.1 Å². The van der Waals surface area contributed by atoms with E-state index in [1.807, 2.05) is 0 Å². The number of rotatable bonds is 5. The first-order chi connectivity index (χ1) is 10.0. The Labute approximate surface area is 125 Å². The van der Waals surface area contributed by atoms with Crippen LogP contribution in [-0.2, 0) is 0 Å². The molecule has 8 heteroatoms. The number of aromatic nitrogens is 1. The summed E-state index contributed by atoms with van der Waals surface area (Å²) in [4.78, 5) is 14.4. The number of nitro groups is 1. The number of anilines is 2. The average molecular weight is 310 g/mol. The van der Waals surface area contributed by atoms with Crippen LogP contribution in [0.2, 0.25) is 5.15 Å². The fourth-order valence-electron chi connectivity index (χ4n) is 1.72. The van der Waals surface area contributed by atoms with Gasteiger partial charge in [0.1, 0.15) is 5.15 Å². The Morgan fingerprint density at radius 1 is 1.19 bits per heavy atom. The predicted molar refractivity (Wildman–Crippen MR) is 78.7 cm³/mol. The zero-order valence-corrected chi connectivity index (χ0v) is 12.0. The molecule has 0 radical (unpaired) electrons. The molecule has 1 heterocycles. The lowest BCUT2D eigenvalue weighted by Gasteiger charge is -2.11. The van der Waals surface area contributed by atoms with Gasteiger partial charge in [-0.05, 0) is 18.2 Å². The molecule has 0 fully saturated rings. The monoisotopic (exact) mass is 309 g/mol. The zero-order valence-electron chi connectivity index (χ0n) is 11.3. The lowest BCUT2D eigenvalue weighted by Crippen LogP contribution is -2.00. The molecule has 1 aromatic carbocycles. The van der Waals surface area contributed by atoms with E-state index in [1.165, 1.54) is 26.4 Å². The van der Waals surface area contributed by atoms with E-state index < -0.39 is 4.92 Å². The second-order valence-corrected chi connectivity index (χ2v) is 4.34. The van der Waals surface area contributed by atoms with Crippen LogP contribution < -0.4 is 14.8 Å². The minimum atomic E-state index is -0.535. The SMILES string of the molecule is COc1ccc(Nc2nc(Cl)ccc2[N+](=O)[O-])cc1OC. The zero-order chi connectivity index (χ0) is 15.4. The Kier molecular flexibility index (Phi) is 4.44. The second-order valence-electron chi connectivity index (χ2n) is 3.95. The Morgan fingerprint density at radius 2 is 1.90 bits per heavy atom. The molecule has 7 nitrogen and oxygen atoms in total. The Balaban J connectivity index is 2.38. The number of ether oxygens (including phenoxy) is 2. The molecular formula is C13H12ClN3O4. The van der Waals surface area contributed by atoms with Gasteiger partial charge in [0.15, 0.2) is 11.5 Å². The van der Waals surface area contributed by atoms with Gasteiger partial charge in [0, 0.05) is 17.8 Å². The number of nitrogens with one attached hydrogen (secondary N) is 1. The minimum Gasteiger partial charge on any atom is -0.493 e. The van der Waals surface area contributed by atoms with Gasteiger partial charge in [-0.15, -0.1) is 0 Å². The largest absolute Gasteiger partial charge is 0.493 e. The van der Waals surface area contributed by atoms with Crippen LogP contribution in [0, 0.1) is 10.1 Å². The van der Waals surface area contributed by atoms with Crippen molar-refractivity contribution in [2.24, 2.45) is 0 Å². The van der Waals surface area contributed by atoms with Crippen LogP contribution in [0.3, 0.4) is 0 Å².